The van der Waals surface area contributed by atoms with E-state index in [1.54, 1.807) is 0 Å². The first-order valence-corrected chi connectivity index (χ1v) is 8.56. The van der Waals surface area contributed by atoms with Crippen LogP contribution in [0.4, 0.5) is 0 Å². The van der Waals surface area contributed by atoms with Gasteiger partial charge in [0, 0.05) is 25.2 Å². The van der Waals surface area contributed by atoms with Crippen LogP contribution in [0.1, 0.15) is 44.9 Å². The summed E-state index contributed by atoms with van der Waals surface area (Å²) in [5, 5.41) is 8.36. The molecule has 1 saturated heterocycles. The minimum atomic E-state index is -1.14. The number of carboxylic acids is 1. The Labute approximate surface area is 138 Å². The van der Waals surface area contributed by atoms with Crippen LogP contribution in [-0.2, 0) is 19.1 Å². The molecule has 1 rings (SSSR count). The molecule has 1 fully saturated rings. The maximum Gasteiger partial charge on any atom is 0.331 e. The van der Waals surface area contributed by atoms with E-state index in [4.69, 9.17) is 14.6 Å². The summed E-state index contributed by atoms with van der Waals surface area (Å²) in [5.74, 6) is -1.73. The van der Waals surface area contributed by atoms with Crippen molar-refractivity contribution in [2.45, 2.75) is 44.9 Å². The number of hydrogen-bond donors (Lipinski definition) is 1. The van der Waals surface area contributed by atoms with Gasteiger partial charge in [0.25, 0.3) is 0 Å². The Morgan fingerprint density at radius 1 is 0.957 bits per heavy atom. The van der Waals surface area contributed by atoms with E-state index in [2.05, 4.69) is 4.90 Å². The first-order chi connectivity index (χ1) is 11.2. The topological polar surface area (TPSA) is 76.1 Å². The molecule has 0 aliphatic carbocycles. The number of esters is 1. The molecule has 0 saturated carbocycles. The van der Waals surface area contributed by atoms with Crippen LogP contribution in [0.15, 0.2) is 12.2 Å². The van der Waals surface area contributed by atoms with Crippen molar-refractivity contribution in [1.29, 1.82) is 0 Å². The van der Waals surface area contributed by atoms with Crippen LogP contribution in [0.5, 0.6) is 0 Å². The first-order valence-electron chi connectivity index (χ1n) is 8.56. The summed E-state index contributed by atoms with van der Waals surface area (Å²) in [7, 11) is 0. The largest absolute Gasteiger partial charge is 0.478 e. The molecule has 0 aromatic carbocycles. The minimum Gasteiger partial charge on any atom is -0.478 e. The number of unbranched alkanes of at least 4 members (excludes halogenated alkanes) is 6. The molecular formula is C17H29NO5. The van der Waals surface area contributed by atoms with Crippen molar-refractivity contribution in [3.8, 4) is 0 Å². The molecule has 0 aromatic rings. The number of hydrogen-bond acceptors (Lipinski definition) is 5. The lowest BCUT2D eigenvalue weighted by Crippen LogP contribution is -2.36. The summed E-state index contributed by atoms with van der Waals surface area (Å²) in [6.07, 6.45) is 9.76. The lowest BCUT2D eigenvalue weighted by Gasteiger charge is -2.26. The second-order valence-corrected chi connectivity index (χ2v) is 5.77. The molecule has 0 atom stereocenters. The summed E-state index contributed by atoms with van der Waals surface area (Å²) in [6, 6.07) is 0. The van der Waals surface area contributed by atoms with Crippen molar-refractivity contribution in [3.63, 3.8) is 0 Å². The molecule has 0 spiro atoms. The van der Waals surface area contributed by atoms with Gasteiger partial charge in [-0.2, -0.15) is 0 Å². The fourth-order valence-electron chi connectivity index (χ4n) is 2.51. The molecule has 0 bridgehead atoms. The lowest BCUT2D eigenvalue weighted by atomic mass is 10.1. The highest BCUT2D eigenvalue weighted by atomic mass is 16.5. The van der Waals surface area contributed by atoms with Gasteiger partial charge in [-0.15, -0.1) is 0 Å². The van der Waals surface area contributed by atoms with E-state index in [1.165, 1.54) is 32.2 Å². The third-order valence-electron chi connectivity index (χ3n) is 3.83. The Morgan fingerprint density at radius 2 is 1.57 bits per heavy atom. The van der Waals surface area contributed by atoms with Gasteiger partial charge >= 0.3 is 11.9 Å². The van der Waals surface area contributed by atoms with Gasteiger partial charge in [0.2, 0.25) is 0 Å². The maximum absolute atomic E-state index is 11.1. The fraction of sp³-hybridized carbons (Fsp3) is 0.765. The number of carboxylic acid groups (broad SMARTS) is 1. The summed E-state index contributed by atoms with van der Waals surface area (Å²) in [4.78, 5) is 23.8. The van der Waals surface area contributed by atoms with E-state index in [1.807, 2.05) is 0 Å². The van der Waals surface area contributed by atoms with Crippen LogP contribution in [0.3, 0.4) is 0 Å². The van der Waals surface area contributed by atoms with E-state index >= 15 is 0 Å². The van der Waals surface area contributed by atoms with Crippen molar-refractivity contribution in [3.05, 3.63) is 12.2 Å². The number of aliphatic carboxylic acids is 1. The average Bonchev–Trinajstić information content (AvgIpc) is 2.55. The lowest BCUT2D eigenvalue weighted by molar-refractivity contribution is -0.138. The zero-order chi connectivity index (χ0) is 16.8. The van der Waals surface area contributed by atoms with Crippen molar-refractivity contribution < 1.29 is 24.2 Å². The quantitative estimate of drug-likeness (QED) is 0.336. The van der Waals surface area contributed by atoms with Gasteiger partial charge < -0.3 is 14.6 Å². The van der Waals surface area contributed by atoms with Gasteiger partial charge in [-0.3, -0.25) is 4.90 Å². The second-order valence-electron chi connectivity index (χ2n) is 5.77. The number of nitrogens with zero attached hydrogens (tertiary/aromatic N) is 1. The van der Waals surface area contributed by atoms with E-state index in [9.17, 15) is 9.59 Å². The molecule has 0 aromatic heterocycles. The van der Waals surface area contributed by atoms with Crippen molar-refractivity contribution >= 4 is 11.9 Å². The number of ether oxygens (including phenoxy) is 2. The molecule has 0 amide bonds. The Balaban J connectivity index is 1.81. The molecular weight excluding hydrogens is 298 g/mol. The molecule has 0 unspecified atom stereocenters. The molecule has 132 valence electrons. The van der Waals surface area contributed by atoms with Gasteiger partial charge in [-0.05, 0) is 19.4 Å². The molecule has 0 radical (unpaired) electrons. The van der Waals surface area contributed by atoms with E-state index < -0.39 is 11.9 Å². The highest BCUT2D eigenvalue weighted by Crippen LogP contribution is 2.08. The number of morpholine rings is 1. The summed E-state index contributed by atoms with van der Waals surface area (Å²) < 4.78 is 10.2. The van der Waals surface area contributed by atoms with Crippen LogP contribution in [0.2, 0.25) is 0 Å². The number of carbonyl (C=O) groups is 2. The van der Waals surface area contributed by atoms with Crippen LogP contribution in [0, 0.1) is 0 Å². The van der Waals surface area contributed by atoms with Crippen LogP contribution in [-0.4, -0.2) is 61.4 Å². The van der Waals surface area contributed by atoms with Crippen molar-refractivity contribution in [2.75, 3.05) is 39.5 Å². The summed E-state index contributed by atoms with van der Waals surface area (Å²) >= 11 is 0. The zero-order valence-electron chi connectivity index (χ0n) is 13.9. The summed E-state index contributed by atoms with van der Waals surface area (Å²) in [6.45, 7) is 5.43. The van der Waals surface area contributed by atoms with Crippen molar-refractivity contribution in [1.82, 2.24) is 4.90 Å². The molecule has 23 heavy (non-hydrogen) atoms. The first kappa shape index (κ1) is 19.6. The molecule has 1 N–H and O–H groups in total. The number of carbonyl (C=O) groups excluding carboxylic acids is 1. The molecule has 1 aliphatic heterocycles. The monoisotopic (exact) mass is 327 g/mol. The van der Waals surface area contributed by atoms with E-state index in [-0.39, 0.29) is 0 Å². The highest BCUT2D eigenvalue weighted by molar-refractivity contribution is 5.90. The highest BCUT2D eigenvalue weighted by Gasteiger charge is 2.08. The smallest absolute Gasteiger partial charge is 0.331 e. The Hall–Kier alpha value is -1.40. The van der Waals surface area contributed by atoms with Crippen LogP contribution >= 0.6 is 0 Å². The van der Waals surface area contributed by atoms with Gasteiger partial charge in [0.15, 0.2) is 0 Å². The third kappa shape index (κ3) is 11.8. The second kappa shape index (κ2) is 13.1. The Kier molecular flexibility index (Phi) is 11.2. The van der Waals surface area contributed by atoms with Gasteiger partial charge in [0.05, 0.1) is 19.8 Å². The fourth-order valence-corrected chi connectivity index (χ4v) is 2.51. The summed E-state index contributed by atoms with van der Waals surface area (Å²) in [5.41, 5.74) is 0. The van der Waals surface area contributed by atoms with Gasteiger partial charge in [-0.25, -0.2) is 9.59 Å². The predicted molar refractivity (Wildman–Crippen MR) is 87.3 cm³/mol. The standard InChI is InChI=1S/C17H29NO5/c19-16(20)8-9-17(21)23-13-7-5-3-1-2-4-6-10-18-11-14-22-15-12-18/h8-9H,1-7,10-15H2,(H,19,20). The van der Waals surface area contributed by atoms with Crippen LogP contribution in [0.25, 0.3) is 0 Å². The molecule has 1 heterocycles. The molecule has 1 aliphatic rings. The minimum absolute atomic E-state index is 0.361. The predicted octanol–water partition coefficient (Wildman–Crippen LogP) is 2.23. The molecule has 6 heteroatoms. The average molecular weight is 327 g/mol. The van der Waals surface area contributed by atoms with E-state index in [0.29, 0.717) is 6.61 Å². The maximum atomic E-state index is 11.1. The van der Waals surface area contributed by atoms with Crippen molar-refractivity contribution in [2.24, 2.45) is 0 Å². The Morgan fingerprint density at radius 3 is 2.22 bits per heavy atom. The van der Waals surface area contributed by atoms with Gasteiger partial charge in [0.1, 0.15) is 0 Å². The normalized spacial score (nSPS) is 15.8. The van der Waals surface area contributed by atoms with Crippen LogP contribution < -0.4 is 0 Å². The Bertz CT molecular complexity index is 364. The zero-order valence-corrected chi connectivity index (χ0v) is 13.9. The van der Waals surface area contributed by atoms with Gasteiger partial charge in [-0.1, -0.05) is 32.1 Å². The number of rotatable bonds is 12. The third-order valence-corrected chi connectivity index (χ3v) is 3.83. The van der Waals surface area contributed by atoms with E-state index in [0.717, 1.165) is 57.7 Å². The molecule has 6 nitrogen and oxygen atoms in total. The SMILES string of the molecule is O=C(O)C=CC(=O)OCCCCCCCCCN1CCOCC1.